The number of rotatable bonds is 3. The third-order valence-electron chi connectivity index (χ3n) is 2.85. The molecule has 0 saturated carbocycles. The van der Waals surface area contributed by atoms with Crippen molar-refractivity contribution in [2.75, 3.05) is 0 Å². The fourth-order valence-corrected chi connectivity index (χ4v) is 1.73. The summed E-state index contributed by atoms with van der Waals surface area (Å²) in [6.45, 7) is 2.02. The number of amides is 1. The van der Waals surface area contributed by atoms with Gasteiger partial charge in [0.15, 0.2) is 11.4 Å². The van der Waals surface area contributed by atoms with Crippen molar-refractivity contribution in [3.63, 3.8) is 0 Å². The summed E-state index contributed by atoms with van der Waals surface area (Å²) in [5, 5.41) is 13.4. The topological polar surface area (TPSA) is 110 Å². The van der Waals surface area contributed by atoms with E-state index in [1.807, 2.05) is 24.5 Å². The summed E-state index contributed by atoms with van der Waals surface area (Å²) < 4.78 is 1.03. The van der Waals surface area contributed by atoms with Crippen molar-refractivity contribution >= 4 is 5.91 Å². The largest absolute Gasteiger partial charge is 0.505 e. The van der Waals surface area contributed by atoms with Crippen molar-refractivity contribution < 1.29 is 9.90 Å². The zero-order valence-corrected chi connectivity index (χ0v) is 10.8. The number of hydrazine groups is 1. The number of aryl methyl sites for hydroxylation is 1. The first-order chi connectivity index (χ1) is 9.56. The van der Waals surface area contributed by atoms with Gasteiger partial charge in [-0.1, -0.05) is 19.1 Å². The lowest BCUT2D eigenvalue weighted by Crippen LogP contribution is -2.33. The summed E-state index contributed by atoms with van der Waals surface area (Å²) in [5.41, 5.74) is 2.62. The quantitative estimate of drug-likeness (QED) is 0.418. The molecule has 1 aromatic heterocycles. The van der Waals surface area contributed by atoms with Crippen molar-refractivity contribution in [3.05, 3.63) is 51.9 Å². The number of hydrogen-bond acceptors (Lipinski definition) is 5. The molecule has 2 aromatic rings. The third-order valence-corrected chi connectivity index (χ3v) is 2.85. The summed E-state index contributed by atoms with van der Waals surface area (Å²) in [7, 11) is 0. The maximum Gasteiger partial charge on any atom is 0.289 e. The van der Waals surface area contributed by atoms with Crippen molar-refractivity contribution in [2.45, 2.75) is 13.3 Å². The second-order valence-corrected chi connectivity index (χ2v) is 4.12. The average Bonchev–Trinajstić information content (AvgIpc) is 2.47. The normalized spacial score (nSPS) is 10.3. The predicted octanol–water partition coefficient (Wildman–Crippen LogP) is 0.104. The number of nitrogens with one attached hydrogen (secondary N) is 1. The summed E-state index contributed by atoms with van der Waals surface area (Å²) >= 11 is 0. The SMILES string of the molecule is CCc1ccc(-n2nc(C(=O)NN)c(O)cc2=O)cc1. The first-order valence-electron chi connectivity index (χ1n) is 6.00. The minimum atomic E-state index is -0.776. The molecular weight excluding hydrogens is 260 g/mol. The van der Waals surface area contributed by atoms with Crippen LogP contribution >= 0.6 is 0 Å². The molecule has 104 valence electrons. The lowest BCUT2D eigenvalue weighted by atomic mass is 10.1. The van der Waals surface area contributed by atoms with Crippen molar-refractivity contribution in [1.29, 1.82) is 0 Å². The second kappa shape index (κ2) is 5.54. The lowest BCUT2D eigenvalue weighted by molar-refractivity contribution is 0.0943. The Balaban J connectivity index is 2.55. The smallest absolute Gasteiger partial charge is 0.289 e. The molecule has 0 bridgehead atoms. The number of benzene rings is 1. The van der Waals surface area contributed by atoms with Crippen LogP contribution in [0.5, 0.6) is 5.75 Å². The number of nitrogens with zero attached hydrogens (tertiary/aromatic N) is 2. The Kier molecular flexibility index (Phi) is 3.81. The first kappa shape index (κ1) is 13.8. The Morgan fingerprint density at radius 2 is 2.05 bits per heavy atom. The van der Waals surface area contributed by atoms with Gasteiger partial charge in [0.05, 0.1) is 5.69 Å². The molecule has 20 heavy (non-hydrogen) atoms. The maximum absolute atomic E-state index is 11.8. The van der Waals surface area contributed by atoms with Gasteiger partial charge in [0.2, 0.25) is 0 Å². The molecule has 0 saturated heterocycles. The molecule has 4 N–H and O–H groups in total. The van der Waals surface area contributed by atoms with Gasteiger partial charge in [-0.05, 0) is 24.1 Å². The molecular formula is C13H14N4O3. The van der Waals surface area contributed by atoms with Gasteiger partial charge < -0.3 is 5.11 Å². The highest BCUT2D eigenvalue weighted by molar-refractivity contribution is 5.94. The monoisotopic (exact) mass is 274 g/mol. The van der Waals surface area contributed by atoms with Gasteiger partial charge in [-0.2, -0.15) is 9.78 Å². The highest BCUT2D eigenvalue weighted by atomic mass is 16.3. The van der Waals surface area contributed by atoms with Gasteiger partial charge >= 0.3 is 0 Å². The van der Waals surface area contributed by atoms with E-state index in [4.69, 9.17) is 5.84 Å². The molecule has 7 heteroatoms. The molecule has 0 atom stereocenters. The van der Waals surface area contributed by atoms with Crippen molar-refractivity contribution in [1.82, 2.24) is 15.2 Å². The molecule has 0 aliphatic carbocycles. The summed E-state index contributed by atoms with van der Waals surface area (Å²) in [6, 6.07) is 8.08. The number of nitrogen functional groups attached to an aromatic ring is 1. The molecule has 0 unspecified atom stereocenters. The van der Waals surface area contributed by atoms with E-state index in [9.17, 15) is 14.7 Å². The molecule has 2 rings (SSSR count). The van der Waals surface area contributed by atoms with E-state index in [1.54, 1.807) is 12.1 Å². The zero-order valence-electron chi connectivity index (χ0n) is 10.8. The van der Waals surface area contributed by atoms with Crippen molar-refractivity contribution in [3.8, 4) is 11.4 Å². The third kappa shape index (κ3) is 2.52. The van der Waals surface area contributed by atoms with Crippen LogP contribution in [0, 0.1) is 0 Å². The van der Waals surface area contributed by atoms with E-state index in [-0.39, 0.29) is 5.69 Å². The average molecular weight is 274 g/mol. The highest BCUT2D eigenvalue weighted by Gasteiger charge is 2.15. The number of aromatic nitrogens is 2. The Hall–Kier alpha value is -2.67. The van der Waals surface area contributed by atoms with Crippen LogP contribution in [0.4, 0.5) is 0 Å². The number of hydrogen-bond donors (Lipinski definition) is 3. The molecule has 1 heterocycles. The van der Waals surface area contributed by atoms with Crippen LogP contribution in [0.2, 0.25) is 0 Å². The number of carbonyl (C=O) groups is 1. The molecule has 0 spiro atoms. The lowest BCUT2D eigenvalue weighted by Gasteiger charge is -2.08. The van der Waals surface area contributed by atoms with Crippen LogP contribution in [-0.2, 0) is 6.42 Å². The minimum absolute atomic E-state index is 0.313. The van der Waals surface area contributed by atoms with Crippen LogP contribution in [0.15, 0.2) is 35.1 Å². The number of aromatic hydroxyl groups is 1. The summed E-state index contributed by atoms with van der Waals surface area (Å²) in [5.74, 6) is 3.71. The maximum atomic E-state index is 11.8. The van der Waals surface area contributed by atoms with E-state index >= 15 is 0 Å². The Labute approximate surface area is 114 Å². The Morgan fingerprint density at radius 1 is 1.40 bits per heavy atom. The summed E-state index contributed by atoms with van der Waals surface area (Å²) in [6.07, 6.45) is 0.874. The van der Waals surface area contributed by atoms with Gasteiger partial charge in [0.1, 0.15) is 0 Å². The zero-order chi connectivity index (χ0) is 14.7. The Morgan fingerprint density at radius 3 is 2.60 bits per heavy atom. The first-order valence-corrected chi connectivity index (χ1v) is 6.00. The molecule has 7 nitrogen and oxygen atoms in total. The van der Waals surface area contributed by atoms with Crippen LogP contribution in [-0.4, -0.2) is 20.8 Å². The molecule has 1 amide bonds. The predicted molar refractivity (Wildman–Crippen MR) is 72.5 cm³/mol. The van der Waals surface area contributed by atoms with Crippen LogP contribution in [0.1, 0.15) is 23.0 Å². The fourth-order valence-electron chi connectivity index (χ4n) is 1.73. The Bertz CT molecular complexity index is 692. The van der Waals surface area contributed by atoms with E-state index in [0.717, 1.165) is 22.7 Å². The fraction of sp³-hybridized carbons (Fsp3) is 0.154. The standard InChI is InChI=1S/C13H14N4O3/c1-2-8-3-5-9(6-4-8)17-11(19)7-10(18)12(16-17)13(20)15-14/h3-7,18H,2,14H2,1H3,(H,15,20). The van der Waals surface area contributed by atoms with Gasteiger partial charge in [0.25, 0.3) is 11.5 Å². The van der Waals surface area contributed by atoms with Gasteiger partial charge in [0, 0.05) is 6.07 Å². The minimum Gasteiger partial charge on any atom is -0.505 e. The van der Waals surface area contributed by atoms with Gasteiger partial charge in [-0.3, -0.25) is 15.0 Å². The number of nitrogens with two attached hydrogens (primary N) is 1. The molecule has 0 aliphatic heterocycles. The van der Waals surface area contributed by atoms with Crippen LogP contribution in [0.3, 0.4) is 0 Å². The number of carbonyl (C=O) groups excluding carboxylic acids is 1. The van der Waals surface area contributed by atoms with E-state index in [1.165, 1.54) is 0 Å². The van der Waals surface area contributed by atoms with Gasteiger partial charge in [-0.25, -0.2) is 5.84 Å². The van der Waals surface area contributed by atoms with Crippen LogP contribution in [0.25, 0.3) is 5.69 Å². The highest BCUT2D eigenvalue weighted by Crippen LogP contribution is 2.13. The van der Waals surface area contributed by atoms with Crippen molar-refractivity contribution in [2.24, 2.45) is 5.84 Å². The van der Waals surface area contributed by atoms with Crippen LogP contribution < -0.4 is 16.8 Å². The molecule has 0 fully saturated rings. The van der Waals surface area contributed by atoms with E-state index in [2.05, 4.69) is 5.10 Å². The van der Waals surface area contributed by atoms with E-state index < -0.39 is 17.2 Å². The summed E-state index contributed by atoms with van der Waals surface area (Å²) in [4.78, 5) is 23.3. The second-order valence-electron chi connectivity index (χ2n) is 4.12. The molecule has 1 aromatic carbocycles. The van der Waals surface area contributed by atoms with Gasteiger partial charge in [-0.15, -0.1) is 0 Å². The molecule has 0 radical (unpaired) electrons. The van der Waals surface area contributed by atoms with E-state index in [0.29, 0.717) is 5.69 Å². The molecule has 0 aliphatic rings.